The summed E-state index contributed by atoms with van der Waals surface area (Å²) in [4.78, 5) is 21.1. The largest absolute Gasteiger partial charge is 0.468 e. The van der Waals surface area contributed by atoms with Crippen molar-refractivity contribution >= 4 is 35.0 Å². The van der Waals surface area contributed by atoms with Gasteiger partial charge in [0.05, 0.1) is 19.1 Å². The molecule has 0 saturated heterocycles. The highest BCUT2D eigenvalue weighted by atomic mass is 35.5. The van der Waals surface area contributed by atoms with Gasteiger partial charge in [-0.05, 0) is 13.8 Å². The van der Waals surface area contributed by atoms with Crippen LogP contribution in [0.4, 0.5) is 0 Å². The Morgan fingerprint density at radius 2 is 1.62 bits per heavy atom. The molecular formula is C9H18Cl2O5. The lowest BCUT2D eigenvalue weighted by Gasteiger charge is -2.05. The monoisotopic (exact) mass is 276 g/mol. The van der Waals surface area contributed by atoms with E-state index in [1.807, 2.05) is 0 Å². The Hall–Kier alpha value is -0.360. The van der Waals surface area contributed by atoms with Gasteiger partial charge in [0.2, 0.25) is 0 Å². The zero-order valence-electron chi connectivity index (χ0n) is 9.57. The summed E-state index contributed by atoms with van der Waals surface area (Å²) < 4.78 is 4.24. The maximum absolute atomic E-state index is 10.6. The second-order valence-electron chi connectivity index (χ2n) is 2.29. The Kier molecular flexibility index (Phi) is 22.4. The van der Waals surface area contributed by atoms with Crippen LogP contribution < -0.4 is 0 Å². The van der Waals surface area contributed by atoms with Crippen molar-refractivity contribution in [3.8, 4) is 0 Å². The van der Waals surface area contributed by atoms with Gasteiger partial charge < -0.3 is 14.9 Å². The van der Waals surface area contributed by atoms with E-state index in [9.17, 15) is 9.59 Å². The van der Waals surface area contributed by atoms with E-state index in [-0.39, 0.29) is 17.7 Å². The lowest BCUT2D eigenvalue weighted by molar-refractivity contribution is -0.150. The Balaban J connectivity index is -0.000000235. The van der Waals surface area contributed by atoms with Gasteiger partial charge >= 0.3 is 5.97 Å². The number of aliphatic hydroxyl groups excluding tert-OH is 2. The van der Waals surface area contributed by atoms with E-state index in [0.717, 1.165) is 0 Å². The first-order valence-corrected chi connectivity index (χ1v) is 5.45. The predicted octanol–water partition coefficient (Wildman–Crippen LogP) is 0.777. The standard InChI is InChI=1S/C6H10O4.C2H6O.CH2Cl2/c1-4(8)5(3-7)6(9)10-2;1-2-3;2-1-3/h5,7H,3H2,1-2H3;3H,2H2,1H3;1H2. The molecule has 1 atom stereocenters. The highest BCUT2D eigenvalue weighted by Gasteiger charge is 2.22. The number of methoxy groups -OCH3 is 1. The number of hydrogen-bond donors (Lipinski definition) is 2. The number of esters is 1. The van der Waals surface area contributed by atoms with Gasteiger partial charge in [-0.3, -0.25) is 9.59 Å². The number of carbonyl (C=O) groups excluding carboxylic acids is 2. The van der Waals surface area contributed by atoms with E-state index in [0.29, 0.717) is 0 Å². The van der Waals surface area contributed by atoms with E-state index >= 15 is 0 Å². The average molecular weight is 277 g/mol. The van der Waals surface area contributed by atoms with Crippen LogP contribution in [0.3, 0.4) is 0 Å². The number of aliphatic hydroxyl groups is 2. The molecule has 5 nitrogen and oxygen atoms in total. The molecule has 0 aliphatic rings. The van der Waals surface area contributed by atoms with Gasteiger partial charge in [0, 0.05) is 6.61 Å². The van der Waals surface area contributed by atoms with Crippen molar-refractivity contribution in [1.29, 1.82) is 0 Å². The van der Waals surface area contributed by atoms with E-state index in [1.54, 1.807) is 6.92 Å². The fraction of sp³-hybridized carbons (Fsp3) is 0.778. The van der Waals surface area contributed by atoms with E-state index in [1.165, 1.54) is 14.0 Å². The van der Waals surface area contributed by atoms with Crippen LogP contribution in [0.5, 0.6) is 0 Å². The summed E-state index contributed by atoms with van der Waals surface area (Å²) in [5.74, 6) is -2.07. The van der Waals surface area contributed by atoms with E-state index < -0.39 is 18.5 Å². The Morgan fingerprint density at radius 1 is 1.31 bits per heavy atom. The second-order valence-corrected chi connectivity index (χ2v) is 3.09. The molecule has 16 heavy (non-hydrogen) atoms. The lowest BCUT2D eigenvalue weighted by atomic mass is 10.1. The van der Waals surface area contributed by atoms with Crippen molar-refractivity contribution in [3.63, 3.8) is 0 Å². The Bertz CT molecular complexity index is 173. The van der Waals surface area contributed by atoms with Crippen LogP contribution in [0.2, 0.25) is 0 Å². The summed E-state index contributed by atoms with van der Waals surface area (Å²) in [7, 11) is 1.17. The fourth-order valence-corrected chi connectivity index (χ4v) is 0.511. The van der Waals surface area contributed by atoms with Crippen LogP contribution in [0.25, 0.3) is 0 Å². The van der Waals surface area contributed by atoms with Crippen molar-refractivity contribution in [1.82, 2.24) is 0 Å². The molecular weight excluding hydrogens is 259 g/mol. The average Bonchev–Trinajstić information content (AvgIpc) is 2.20. The van der Waals surface area contributed by atoms with Crippen LogP contribution in [0.1, 0.15) is 13.8 Å². The highest BCUT2D eigenvalue weighted by Crippen LogP contribution is 1.98. The normalized spacial score (nSPS) is 9.94. The lowest BCUT2D eigenvalue weighted by Crippen LogP contribution is -2.26. The first kappa shape index (κ1) is 21.0. The molecule has 1 unspecified atom stereocenters. The molecule has 0 aliphatic heterocycles. The molecule has 0 aromatic rings. The third kappa shape index (κ3) is 16.1. The first-order chi connectivity index (χ1) is 7.46. The summed E-state index contributed by atoms with van der Waals surface area (Å²) in [5, 5.41) is 16.2. The SMILES string of the molecule is CCO.COC(=O)C(CO)C(C)=O.ClCCl. The number of alkyl halides is 2. The number of Topliss-reactive ketones (excluding diaryl/α,β-unsaturated/α-hetero) is 1. The van der Waals surface area contributed by atoms with Gasteiger partial charge in [-0.2, -0.15) is 0 Å². The quantitative estimate of drug-likeness (QED) is 0.452. The second kappa shape index (κ2) is 17.0. The van der Waals surface area contributed by atoms with Crippen molar-refractivity contribution in [2.24, 2.45) is 5.92 Å². The highest BCUT2D eigenvalue weighted by molar-refractivity contribution is 6.40. The van der Waals surface area contributed by atoms with Crippen molar-refractivity contribution < 1.29 is 24.5 Å². The van der Waals surface area contributed by atoms with Crippen LogP contribution >= 0.6 is 23.2 Å². The molecule has 2 N–H and O–H groups in total. The van der Waals surface area contributed by atoms with E-state index in [2.05, 4.69) is 4.74 Å². The molecule has 0 bridgehead atoms. The Morgan fingerprint density at radius 3 is 1.69 bits per heavy atom. The number of carbonyl (C=O) groups is 2. The van der Waals surface area contributed by atoms with Crippen LogP contribution in [0, 0.1) is 5.92 Å². The minimum atomic E-state index is -1.01. The van der Waals surface area contributed by atoms with Gasteiger partial charge in [0.1, 0.15) is 11.7 Å². The van der Waals surface area contributed by atoms with Crippen LogP contribution in [-0.4, -0.2) is 47.6 Å². The van der Waals surface area contributed by atoms with Gasteiger partial charge in [-0.15, -0.1) is 23.2 Å². The summed E-state index contributed by atoms with van der Waals surface area (Å²) >= 11 is 9.53. The molecule has 0 fully saturated rings. The molecule has 0 radical (unpaired) electrons. The zero-order chi connectivity index (χ0) is 13.6. The van der Waals surface area contributed by atoms with Crippen LogP contribution in [-0.2, 0) is 14.3 Å². The third-order valence-corrected chi connectivity index (χ3v) is 1.16. The summed E-state index contributed by atoms with van der Waals surface area (Å²) in [6, 6.07) is 0. The molecule has 0 aromatic heterocycles. The van der Waals surface area contributed by atoms with Gasteiger partial charge in [0.25, 0.3) is 0 Å². The molecule has 0 rings (SSSR count). The van der Waals surface area contributed by atoms with Crippen LogP contribution in [0.15, 0.2) is 0 Å². The minimum Gasteiger partial charge on any atom is -0.468 e. The minimum absolute atomic E-state index is 0.194. The summed E-state index contributed by atoms with van der Waals surface area (Å²) in [6.45, 7) is 2.68. The maximum atomic E-state index is 10.6. The molecule has 0 spiro atoms. The zero-order valence-corrected chi connectivity index (χ0v) is 11.1. The topological polar surface area (TPSA) is 83.8 Å². The smallest absolute Gasteiger partial charge is 0.318 e. The number of halogens is 2. The Labute approximate surface area is 105 Å². The fourth-order valence-electron chi connectivity index (χ4n) is 0.511. The molecule has 98 valence electrons. The number of ether oxygens (including phenoxy) is 1. The molecule has 0 aromatic carbocycles. The molecule has 0 amide bonds. The number of ketones is 1. The molecule has 0 aliphatic carbocycles. The first-order valence-electron chi connectivity index (χ1n) is 4.38. The molecule has 7 heteroatoms. The van der Waals surface area contributed by atoms with Gasteiger partial charge in [0.15, 0.2) is 0 Å². The molecule has 0 heterocycles. The summed E-state index contributed by atoms with van der Waals surface area (Å²) in [5.41, 5.74) is 0. The third-order valence-electron chi connectivity index (χ3n) is 1.16. The molecule has 0 saturated carbocycles. The maximum Gasteiger partial charge on any atom is 0.318 e. The number of rotatable bonds is 3. The van der Waals surface area contributed by atoms with Gasteiger partial charge in [-0.25, -0.2) is 0 Å². The van der Waals surface area contributed by atoms with Crippen molar-refractivity contribution in [2.75, 3.05) is 25.7 Å². The van der Waals surface area contributed by atoms with Crippen molar-refractivity contribution in [3.05, 3.63) is 0 Å². The number of hydrogen-bond acceptors (Lipinski definition) is 5. The summed E-state index contributed by atoms with van der Waals surface area (Å²) in [6.07, 6.45) is 0. The predicted molar refractivity (Wildman–Crippen MR) is 62.6 cm³/mol. The van der Waals surface area contributed by atoms with E-state index in [4.69, 9.17) is 33.4 Å². The van der Waals surface area contributed by atoms with Gasteiger partial charge in [-0.1, -0.05) is 0 Å². The van der Waals surface area contributed by atoms with Crippen molar-refractivity contribution in [2.45, 2.75) is 13.8 Å².